The summed E-state index contributed by atoms with van der Waals surface area (Å²) in [5, 5.41) is 0.408. The molecule has 3 heterocycles. The molecule has 7 nitrogen and oxygen atoms in total. The molecule has 0 aromatic heterocycles. The molecule has 22 heavy (non-hydrogen) atoms. The van der Waals surface area contributed by atoms with Gasteiger partial charge in [-0.05, 0) is 25.0 Å². The molecule has 0 aliphatic carbocycles. The Morgan fingerprint density at radius 1 is 1.00 bits per heavy atom. The number of hydrogen-bond donors (Lipinski definition) is 0. The van der Waals surface area contributed by atoms with Crippen LogP contribution >= 0.6 is 0 Å². The zero-order chi connectivity index (χ0) is 15.5. The largest absolute Gasteiger partial charge is 0.373 e. The third-order valence-corrected chi connectivity index (χ3v) is 5.64. The summed E-state index contributed by atoms with van der Waals surface area (Å²) in [4.78, 5) is 24.6. The number of benzene rings is 1. The van der Waals surface area contributed by atoms with E-state index in [2.05, 4.69) is 0 Å². The molecular formula is C14H13NO6S. The first-order valence-corrected chi connectivity index (χ1v) is 8.43. The maximum Gasteiger partial charge on any atom is 0.318 e. The smallest absolute Gasteiger partial charge is 0.318 e. The Labute approximate surface area is 126 Å². The molecular weight excluding hydrogens is 310 g/mol. The molecule has 0 radical (unpaired) electrons. The fourth-order valence-electron chi connectivity index (χ4n) is 3.49. The van der Waals surface area contributed by atoms with Crippen molar-refractivity contribution >= 4 is 21.9 Å². The number of hydrogen-bond acceptors (Lipinski definition) is 6. The van der Waals surface area contributed by atoms with E-state index < -0.39 is 33.8 Å². The third kappa shape index (κ3) is 1.84. The van der Waals surface area contributed by atoms with Crippen molar-refractivity contribution in [1.82, 2.24) is 5.06 Å². The number of rotatable bonds is 3. The van der Waals surface area contributed by atoms with E-state index in [4.69, 9.17) is 9.02 Å². The van der Waals surface area contributed by atoms with Crippen LogP contribution in [0.5, 0.6) is 0 Å². The fraction of sp³-hybridized carbons (Fsp3) is 0.429. The Morgan fingerprint density at radius 3 is 2.09 bits per heavy atom. The lowest BCUT2D eigenvalue weighted by molar-refractivity contribution is -0.168. The molecule has 0 saturated carbocycles. The number of hydroxylamine groups is 2. The molecule has 2 amide bonds. The number of fused-ring (bicyclic) bond motifs is 5. The van der Waals surface area contributed by atoms with E-state index in [1.807, 2.05) is 0 Å². The molecule has 0 N–H and O–H groups in total. The van der Waals surface area contributed by atoms with Gasteiger partial charge in [-0.3, -0.25) is 9.59 Å². The first-order valence-electron chi connectivity index (χ1n) is 7.02. The number of ether oxygens (including phenoxy) is 1. The Kier molecular flexibility index (Phi) is 2.91. The zero-order valence-electron chi connectivity index (χ0n) is 11.4. The van der Waals surface area contributed by atoms with Crippen molar-refractivity contribution in [2.75, 3.05) is 0 Å². The monoisotopic (exact) mass is 323 g/mol. The van der Waals surface area contributed by atoms with Gasteiger partial charge < -0.3 is 4.74 Å². The highest BCUT2D eigenvalue weighted by Crippen LogP contribution is 2.48. The molecule has 4 unspecified atom stereocenters. The highest BCUT2D eigenvalue weighted by atomic mass is 32.2. The van der Waals surface area contributed by atoms with Crippen molar-refractivity contribution in [3.8, 4) is 0 Å². The standard InChI is InChI=1S/C14H13NO6S/c16-13-11-9-6-7-10(20-9)12(11)14(17)15(13)21-22(18,19)8-4-2-1-3-5-8/h1-5,9-12H,6-7H2. The van der Waals surface area contributed by atoms with Crippen LogP contribution < -0.4 is 0 Å². The predicted molar refractivity (Wildman–Crippen MR) is 71.4 cm³/mol. The maximum atomic E-state index is 12.3. The topological polar surface area (TPSA) is 90.0 Å². The summed E-state index contributed by atoms with van der Waals surface area (Å²) in [6.07, 6.45) is 0.813. The number of carbonyl (C=O) groups excluding carboxylic acids is 2. The summed E-state index contributed by atoms with van der Waals surface area (Å²) in [5.41, 5.74) is 0. The van der Waals surface area contributed by atoms with Crippen molar-refractivity contribution in [2.24, 2.45) is 11.8 Å². The van der Waals surface area contributed by atoms with Crippen LogP contribution in [0.4, 0.5) is 0 Å². The molecule has 3 saturated heterocycles. The van der Waals surface area contributed by atoms with Crippen LogP contribution in [0.25, 0.3) is 0 Å². The maximum absolute atomic E-state index is 12.3. The molecule has 1 aromatic carbocycles. The number of amides is 2. The molecule has 1 aromatic rings. The fourth-order valence-corrected chi connectivity index (χ4v) is 4.41. The third-order valence-electron chi connectivity index (χ3n) is 4.45. The summed E-state index contributed by atoms with van der Waals surface area (Å²) in [5.74, 6) is -2.47. The van der Waals surface area contributed by atoms with Gasteiger partial charge in [-0.1, -0.05) is 18.2 Å². The normalized spacial score (nSPS) is 33.5. The van der Waals surface area contributed by atoms with E-state index in [9.17, 15) is 18.0 Å². The van der Waals surface area contributed by atoms with E-state index >= 15 is 0 Å². The molecule has 116 valence electrons. The second-order valence-corrected chi connectivity index (χ2v) is 7.18. The second-order valence-electron chi connectivity index (χ2n) is 5.65. The summed E-state index contributed by atoms with van der Waals surface area (Å²) < 4.78 is 34.7. The highest BCUT2D eigenvalue weighted by molar-refractivity contribution is 7.86. The minimum absolute atomic E-state index is 0.105. The van der Waals surface area contributed by atoms with Crippen molar-refractivity contribution < 1.29 is 27.0 Å². The van der Waals surface area contributed by atoms with Gasteiger partial charge in [-0.2, -0.15) is 8.42 Å². The minimum Gasteiger partial charge on any atom is -0.373 e. The predicted octanol–water partition coefficient (Wildman–Crippen LogP) is 0.469. The molecule has 4 atom stereocenters. The lowest BCUT2D eigenvalue weighted by atomic mass is 9.81. The lowest BCUT2D eigenvalue weighted by Crippen LogP contribution is -2.36. The molecule has 8 heteroatoms. The van der Waals surface area contributed by atoms with Crippen LogP contribution in [0.15, 0.2) is 35.2 Å². The summed E-state index contributed by atoms with van der Waals surface area (Å²) in [6, 6.07) is 7.41. The zero-order valence-corrected chi connectivity index (χ0v) is 12.2. The van der Waals surface area contributed by atoms with E-state index in [1.165, 1.54) is 24.3 Å². The first kappa shape index (κ1) is 13.9. The van der Waals surface area contributed by atoms with Crippen molar-refractivity contribution in [2.45, 2.75) is 29.9 Å². The summed E-state index contributed by atoms with van der Waals surface area (Å²) in [7, 11) is -4.21. The van der Waals surface area contributed by atoms with E-state index in [0.29, 0.717) is 17.9 Å². The van der Waals surface area contributed by atoms with Crippen LogP contribution in [-0.4, -0.2) is 37.5 Å². The average molecular weight is 323 g/mol. The van der Waals surface area contributed by atoms with Crippen LogP contribution in [0.1, 0.15) is 12.8 Å². The molecule has 0 spiro atoms. The lowest BCUT2D eigenvalue weighted by Gasteiger charge is -2.16. The van der Waals surface area contributed by atoms with Crippen LogP contribution in [0, 0.1) is 11.8 Å². The van der Waals surface area contributed by atoms with Gasteiger partial charge in [0.1, 0.15) is 0 Å². The Morgan fingerprint density at radius 2 is 1.55 bits per heavy atom. The number of imide groups is 1. The second kappa shape index (κ2) is 4.61. The Bertz CT molecular complexity index is 718. The van der Waals surface area contributed by atoms with Crippen LogP contribution in [-0.2, 0) is 28.7 Å². The molecule has 3 fully saturated rings. The van der Waals surface area contributed by atoms with Crippen molar-refractivity contribution in [1.29, 1.82) is 0 Å². The average Bonchev–Trinajstić information content (AvgIpc) is 3.18. The Hall–Kier alpha value is -1.77. The van der Waals surface area contributed by atoms with Crippen molar-refractivity contribution in [3.63, 3.8) is 0 Å². The van der Waals surface area contributed by atoms with Gasteiger partial charge in [0.05, 0.1) is 28.9 Å². The quantitative estimate of drug-likeness (QED) is 0.751. The van der Waals surface area contributed by atoms with Gasteiger partial charge in [0.25, 0.3) is 11.8 Å². The van der Waals surface area contributed by atoms with Crippen LogP contribution in [0.3, 0.4) is 0 Å². The van der Waals surface area contributed by atoms with E-state index in [1.54, 1.807) is 6.07 Å². The first-order chi connectivity index (χ1) is 10.5. The van der Waals surface area contributed by atoms with E-state index in [0.717, 1.165) is 0 Å². The summed E-state index contributed by atoms with van der Waals surface area (Å²) >= 11 is 0. The Balaban J connectivity index is 1.62. The van der Waals surface area contributed by atoms with Gasteiger partial charge in [-0.15, -0.1) is 9.35 Å². The van der Waals surface area contributed by atoms with Gasteiger partial charge >= 0.3 is 10.1 Å². The molecule has 3 aliphatic rings. The molecule has 3 aliphatic heterocycles. The number of nitrogens with zero attached hydrogens (tertiary/aromatic N) is 1. The van der Waals surface area contributed by atoms with E-state index in [-0.39, 0.29) is 17.1 Å². The molecule has 4 rings (SSSR count). The minimum atomic E-state index is -4.21. The van der Waals surface area contributed by atoms with Crippen LogP contribution in [0.2, 0.25) is 0 Å². The van der Waals surface area contributed by atoms with Gasteiger partial charge in [0.2, 0.25) is 0 Å². The van der Waals surface area contributed by atoms with Crippen molar-refractivity contribution in [3.05, 3.63) is 30.3 Å². The SMILES string of the molecule is O=C1C2C3CCC(O3)C2C(=O)N1OS(=O)(=O)c1ccccc1. The molecule has 2 bridgehead atoms. The van der Waals surface area contributed by atoms with Gasteiger partial charge in [-0.25, -0.2) is 0 Å². The van der Waals surface area contributed by atoms with Gasteiger partial charge in [0, 0.05) is 0 Å². The highest BCUT2D eigenvalue weighted by Gasteiger charge is 2.63. The number of carbonyl (C=O) groups is 2. The van der Waals surface area contributed by atoms with Gasteiger partial charge in [0.15, 0.2) is 0 Å². The summed E-state index contributed by atoms with van der Waals surface area (Å²) in [6.45, 7) is 0.